The van der Waals surface area contributed by atoms with E-state index in [0.717, 1.165) is 28.7 Å². The van der Waals surface area contributed by atoms with Crippen LogP contribution in [0.25, 0.3) is 10.9 Å². The number of hydrogen-bond donors (Lipinski definition) is 2. The lowest BCUT2D eigenvalue weighted by Crippen LogP contribution is -2.36. The molecule has 3 aromatic rings. The number of hydrogen-bond acceptors (Lipinski definition) is 2. The molecule has 1 heterocycles. The van der Waals surface area contributed by atoms with E-state index in [2.05, 4.69) is 10.3 Å². The summed E-state index contributed by atoms with van der Waals surface area (Å²) >= 11 is 0. The molecule has 1 aromatic heterocycles. The maximum absolute atomic E-state index is 13.4. The Labute approximate surface area is 145 Å². The Bertz CT molecular complexity index is 933. The van der Waals surface area contributed by atoms with Gasteiger partial charge >= 0.3 is 0 Å². The van der Waals surface area contributed by atoms with Gasteiger partial charge in [0, 0.05) is 28.2 Å². The first-order chi connectivity index (χ1) is 11.9. The van der Waals surface area contributed by atoms with Gasteiger partial charge in [0.05, 0.1) is 6.04 Å². The lowest BCUT2D eigenvalue weighted by molar-refractivity contribution is 0.0946. The zero-order chi connectivity index (χ0) is 18.1. The minimum absolute atomic E-state index is 0.0376. The molecule has 0 aliphatic carbocycles. The Morgan fingerprint density at radius 2 is 1.80 bits per heavy atom. The number of nitrogens with one attached hydrogen (secondary N) is 2. The molecule has 0 spiro atoms. The molecule has 0 radical (unpaired) electrons. The summed E-state index contributed by atoms with van der Waals surface area (Å²) in [6.45, 7) is 5.47. The van der Waals surface area contributed by atoms with Crippen LogP contribution in [0.3, 0.4) is 0 Å². The van der Waals surface area contributed by atoms with Crippen molar-refractivity contribution in [2.75, 3.05) is 0 Å². The molecule has 25 heavy (non-hydrogen) atoms. The van der Waals surface area contributed by atoms with Crippen LogP contribution in [0.15, 0.2) is 42.5 Å². The number of carbonyl (C=O) groups excluding carboxylic acids is 1. The highest BCUT2D eigenvalue weighted by Crippen LogP contribution is 2.24. The van der Waals surface area contributed by atoms with Crippen molar-refractivity contribution in [1.29, 1.82) is 0 Å². The van der Waals surface area contributed by atoms with Crippen molar-refractivity contribution in [3.05, 3.63) is 70.9 Å². The number of aryl methyl sites for hydroxylation is 1. The predicted octanol–water partition coefficient (Wildman–Crippen LogP) is 4.68. The maximum atomic E-state index is 13.4. The molecule has 2 aromatic carbocycles. The van der Waals surface area contributed by atoms with E-state index in [1.54, 1.807) is 6.92 Å². The molecule has 0 fully saturated rings. The average Bonchev–Trinajstić information content (AvgIpc) is 2.92. The number of ketones is 1. The molecular weight excluding hydrogens is 322 g/mol. The number of fused-ring (bicyclic) bond motifs is 1. The Balaban J connectivity index is 1.82. The summed E-state index contributed by atoms with van der Waals surface area (Å²) in [6, 6.07) is 10.7. The van der Waals surface area contributed by atoms with Crippen LogP contribution >= 0.6 is 0 Å². The van der Waals surface area contributed by atoms with Gasteiger partial charge in [-0.25, -0.2) is 8.78 Å². The topological polar surface area (TPSA) is 44.9 Å². The maximum Gasteiger partial charge on any atom is 0.181 e. The number of aromatic amines is 1. The molecular formula is C20H20F2N2O. The van der Waals surface area contributed by atoms with Crippen LogP contribution < -0.4 is 5.32 Å². The SMILES string of the molecule is Cc1[nH]c2ccccc2c1C(=O)[C@H](C)N[C@@H](C)c1ccc(F)c(F)c1. The van der Waals surface area contributed by atoms with Gasteiger partial charge in [0.15, 0.2) is 17.4 Å². The number of aromatic nitrogens is 1. The molecule has 0 saturated carbocycles. The van der Waals surface area contributed by atoms with Crippen molar-refractivity contribution in [2.45, 2.75) is 32.9 Å². The van der Waals surface area contributed by atoms with Gasteiger partial charge in [0.25, 0.3) is 0 Å². The Morgan fingerprint density at radius 1 is 1.08 bits per heavy atom. The number of carbonyl (C=O) groups is 1. The van der Waals surface area contributed by atoms with Crippen molar-refractivity contribution in [1.82, 2.24) is 10.3 Å². The summed E-state index contributed by atoms with van der Waals surface area (Å²) < 4.78 is 26.5. The normalized spacial score (nSPS) is 13.8. The third kappa shape index (κ3) is 3.33. The van der Waals surface area contributed by atoms with Crippen LogP contribution in [0, 0.1) is 18.6 Å². The second-order valence-electron chi connectivity index (χ2n) is 6.32. The highest BCUT2D eigenvalue weighted by Gasteiger charge is 2.23. The summed E-state index contributed by atoms with van der Waals surface area (Å²) in [6.07, 6.45) is 0. The fourth-order valence-electron chi connectivity index (χ4n) is 3.14. The molecule has 0 aliphatic heterocycles. The molecule has 0 unspecified atom stereocenters. The number of Topliss-reactive ketones (excluding diaryl/α,β-unsaturated/α-hetero) is 1. The Morgan fingerprint density at radius 3 is 2.52 bits per heavy atom. The number of rotatable bonds is 5. The first-order valence-corrected chi connectivity index (χ1v) is 8.21. The minimum Gasteiger partial charge on any atom is -0.358 e. The fourth-order valence-corrected chi connectivity index (χ4v) is 3.14. The van der Waals surface area contributed by atoms with E-state index in [1.807, 2.05) is 38.1 Å². The lowest BCUT2D eigenvalue weighted by atomic mass is 10.00. The molecule has 0 saturated heterocycles. The van der Waals surface area contributed by atoms with Gasteiger partial charge in [-0.1, -0.05) is 24.3 Å². The first-order valence-electron chi connectivity index (χ1n) is 8.21. The molecule has 3 nitrogen and oxygen atoms in total. The van der Waals surface area contributed by atoms with Crippen molar-refractivity contribution in [3.8, 4) is 0 Å². The van der Waals surface area contributed by atoms with Crippen LogP contribution in [0.2, 0.25) is 0 Å². The summed E-state index contributed by atoms with van der Waals surface area (Å²) in [7, 11) is 0. The van der Waals surface area contributed by atoms with Crippen molar-refractivity contribution in [2.24, 2.45) is 0 Å². The van der Waals surface area contributed by atoms with E-state index in [0.29, 0.717) is 11.1 Å². The summed E-state index contributed by atoms with van der Waals surface area (Å²) in [5.41, 5.74) is 2.99. The van der Waals surface area contributed by atoms with Gasteiger partial charge in [-0.3, -0.25) is 4.79 Å². The lowest BCUT2D eigenvalue weighted by Gasteiger charge is -2.20. The van der Waals surface area contributed by atoms with Gasteiger partial charge in [-0.15, -0.1) is 0 Å². The van der Waals surface area contributed by atoms with Gasteiger partial charge in [0.2, 0.25) is 0 Å². The Hall–Kier alpha value is -2.53. The fraction of sp³-hybridized carbons (Fsp3) is 0.250. The molecule has 2 atom stereocenters. The molecule has 0 bridgehead atoms. The van der Waals surface area contributed by atoms with E-state index in [9.17, 15) is 13.6 Å². The third-order valence-electron chi connectivity index (χ3n) is 4.48. The number of benzene rings is 2. The van der Waals surface area contributed by atoms with Gasteiger partial charge in [0.1, 0.15) is 0 Å². The first kappa shape index (κ1) is 17.3. The standard InChI is InChI=1S/C20H20F2N2O/c1-11(14-8-9-16(21)17(22)10-14)23-13(3)20(25)19-12(2)24-18-7-5-4-6-15(18)19/h4-11,13,23-24H,1-3H3/t11-,13-/m0/s1. The van der Waals surface area contributed by atoms with Crippen LogP contribution in [0.4, 0.5) is 8.78 Å². The highest BCUT2D eigenvalue weighted by molar-refractivity contribution is 6.11. The van der Waals surface area contributed by atoms with Crippen LogP contribution in [-0.2, 0) is 0 Å². The zero-order valence-corrected chi connectivity index (χ0v) is 14.4. The molecule has 5 heteroatoms. The van der Waals surface area contributed by atoms with Gasteiger partial charge in [-0.05, 0) is 44.5 Å². The van der Waals surface area contributed by atoms with E-state index in [-0.39, 0.29) is 11.8 Å². The van der Waals surface area contributed by atoms with Crippen LogP contribution in [0.1, 0.15) is 41.5 Å². The summed E-state index contributed by atoms with van der Waals surface area (Å²) in [5, 5.41) is 4.06. The third-order valence-corrected chi connectivity index (χ3v) is 4.48. The minimum atomic E-state index is -0.891. The van der Waals surface area contributed by atoms with Gasteiger partial charge in [-0.2, -0.15) is 0 Å². The van der Waals surface area contributed by atoms with Crippen LogP contribution in [-0.4, -0.2) is 16.8 Å². The van der Waals surface area contributed by atoms with E-state index in [1.165, 1.54) is 6.07 Å². The number of para-hydroxylation sites is 1. The second-order valence-corrected chi connectivity index (χ2v) is 6.32. The zero-order valence-electron chi connectivity index (χ0n) is 14.4. The molecule has 2 N–H and O–H groups in total. The highest BCUT2D eigenvalue weighted by atomic mass is 19.2. The monoisotopic (exact) mass is 342 g/mol. The largest absolute Gasteiger partial charge is 0.358 e. The predicted molar refractivity (Wildman–Crippen MR) is 94.7 cm³/mol. The smallest absolute Gasteiger partial charge is 0.181 e. The summed E-state index contributed by atoms with van der Waals surface area (Å²) in [4.78, 5) is 16.1. The molecule has 130 valence electrons. The van der Waals surface area contributed by atoms with Crippen molar-refractivity contribution in [3.63, 3.8) is 0 Å². The average molecular weight is 342 g/mol. The number of halogens is 2. The van der Waals surface area contributed by atoms with E-state index in [4.69, 9.17) is 0 Å². The Kier molecular flexibility index (Phi) is 4.68. The van der Waals surface area contributed by atoms with E-state index < -0.39 is 17.7 Å². The summed E-state index contributed by atoms with van der Waals surface area (Å²) in [5.74, 6) is -1.81. The van der Waals surface area contributed by atoms with Crippen molar-refractivity contribution >= 4 is 16.7 Å². The molecule has 3 rings (SSSR count). The molecule has 0 aliphatic rings. The van der Waals surface area contributed by atoms with E-state index >= 15 is 0 Å². The van der Waals surface area contributed by atoms with Crippen molar-refractivity contribution < 1.29 is 13.6 Å². The van der Waals surface area contributed by atoms with Crippen LogP contribution in [0.5, 0.6) is 0 Å². The van der Waals surface area contributed by atoms with Gasteiger partial charge < -0.3 is 10.3 Å². The quantitative estimate of drug-likeness (QED) is 0.662. The number of H-pyrrole nitrogens is 1. The molecule has 0 amide bonds. The second kappa shape index (κ2) is 6.76.